The minimum absolute atomic E-state index is 0.137. The maximum absolute atomic E-state index is 4.65. The van der Waals surface area contributed by atoms with Gasteiger partial charge >= 0.3 is 0 Å². The first-order chi connectivity index (χ1) is 8.45. The molecule has 2 aromatic heterocycles. The molecule has 0 aliphatic carbocycles. The Labute approximate surface area is 112 Å². The van der Waals surface area contributed by atoms with Gasteiger partial charge in [-0.05, 0) is 0 Å². The predicted molar refractivity (Wildman–Crippen MR) is 74.6 cm³/mol. The van der Waals surface area contributed by atoms with Crippen LogP contribution in [-0.4, -0.2) is 14.8 Å². The first-order valence-corrected chi connectivity index (χ1v) is 6.96. The summed E-state index contributed by atoms with van der Waals surface area (Å²) in [6.45, 7) is 8.21. The van der Waals surface area contributed by atoms with Crippen molar-refractivity contribution in [2.75, 3.05) is 0 Å². The summed E-state index contributed by atoms with van der Waals surface area (Å²) in [5, 5.41) is 10.8. The van der Waals surface area contributed by atoms with E-state index in [1.165, 1.54) is 11.3 Å². The Morgan fingerprint density at radius 3 is 2.67 bits per heavy atom. The van der Waals surface area contributed by atoms with E-state index in [4.69, 9.17) is 0 Å². The van der Waals surface area contributed by atoms with Crippen molar-refractivity contribution in [3.05, 3.63) is 34.0 Å². The zero-order valence-electron chi connectivity index (χ0n) is 11.4. The summed E-state index contributed by atoms with van der Waals surface area (Å²) in [7, 11) is 1.93. The second-order valence-electron chi connectivity index (χ2n) is 5.50. The molecule has 1 N–H and O–H groups in total. The fourth-order valence-corrected chi connectivity index (χ4v) is 2.60. The van der Waals surface area contributed by atoms with Gasteiger partial charge in [0.05, 0.1) is 11.9 Å². The molecule has 0 saturated heterocycles. The number of nitrogens with zero attached hydrogens (tertiary/aromatic N) is 3. The predicted octanol–water partition coefficient (Wildman–Crippen LogP) is 2.46. The van der Waals surface area contributed by atoms with Crippen LogP contribution >= 0.6 is 11.3 Å². The normalized spacial score (nSPS) is 12.0. The maximum Gasteiger partial charge on any atom is 0.107 e. The summed E-state index contributed by atoms with van der Waals surface area (Å²) >= 11 is 1.72. The van der Waals surface area contributed by atoms with Crippen molar-refractivity contribution >= 4 is 11.3 Å². The zero-order valence-corrected chi connectivity index (χ0v) is 12.2. The van der Waals surface area contributed by atoms with E-state index in [1.807, 2.05) is 24.1 Å². The van der Waals surface area contributed by atoms with E-state index >= 15 is 0 Å². The summed E-state index contributed by atoms with van der Waals surface area (Å²) in [6, 6.07) is 0. The minimum Gasteiger partial charge on any atom is -0.306 e. The van der Waals surface area contributed by atoms with Crippen LogP contribution in [0.2, 0.25) is 0 Å². The highest BCUT2D eigenvalue weighted by Crippen LogP contribution is 2.23. The molecule has 2 aromatic rings. The van der Waals surface area contributed by atoms with Gasteiger partial charge in [-0.2, -0.15) is 5.10 Å². The average molecular weight is 264 g/mol. The van der Waals surface area contributed by atoms with E-state index in [0.717, 1.165) is 18.1 Å². The van der Waals surface area contributed by atoms with Gasteiger partial charge in [-0.3, -0.25) is 4.68 Å². The van der Waals surface area contributed by atoms with Crippen molar-refractivity contribution in [2.24, 2.45) is 7.05 Å². The fourth-order valence-electron chi connectivity index (χ4n) is 1.61. The van der Waals surface area contributed by atoms with Crippen molar-refractivity contribution in [3.63, 3.8) is 0 Å². The molecule has 2 rings (SSSR count). The van der Waals surface area contributed by atoms with E-state index in [1.54, 1.807) is 11.3 Å². The smallest absolute Gasteiger partial charge is 0.107 e. The highest BCUT2D eigenvalue weighted by Gasteiger charge is 2.17. The van der Waals surface area contributed by atoms with Gasteiger partial charge in [-0.15, -0.1) is 11.3 Å². The Morgan fingerprint density at radius 1 is 1.33 bits per heavy atom. The van der Waals surface area contributed by atoms with Gasteiger partial charge in [-0.25, -0.2) is 4.98 Å². The van der Waals surface area contributed by atoms with Gasteiger partial charge in [-0.1, -0.05) is 20.8 Å². The molecule has 0 fully saturated rings. The van der Waals surface area contributed by atoms with Crippen LogP contribution in [0.15, 0.2) is 17.8 Å². The van der Waals surface area contributed by atoms with Crippen LogP contribution in [0.3, 0.4) is 0 Å². The average Bonchev–Trinajstić information content (AvgIpc) is 2.87. The number of nitrogens with one attached hydrogen (secondary N) is 1. The number of aromatic nitrogens is 3. The molecule has 0 saturated carbocycles. The van der Waals surface area contributed by atoms with Gasteiger partial charge < -0.3 is 5.32 Å². The maximum atomic E-state index is 4.65. The third kappa shape index (κ3) is 3.40. The van der Waals surface area contributed by atoms with Crippen molar-refractivity contribution in [3.8, 4) is 0 Å². The van der Waals surface area contributed by atoms with Crippen molar-refractivity contribution < 1.29 is 0 Å². The SMILES string of the molecule is Cn1cc(CNCc2nc(C(C)(C)C)cs2)cn1. The van der Waals surface area contributed by atoms with E-state index < -0.39 is 0 Å². The molecule has 4 nitrogen and oxygen atoms in total. The molecule has 0 spiro atoms. The summed E-state index contributed by atoms with van der Waals surface area (Å²) in [5.41, 5.74) is 2.51. The van der Waals surface area contributed by atoms with Gasteiger partial charge in [0.15, 0.2) is 0 Å². The number of thiazole rings is 1. The molecule has 0 atom stereocenters. The fraction of sp³-hybridized carbons (Fsp3) is 0.538. The molecular weight excluding hydrogens is 244 g/mol. The van der Waals surface area contributed by atoms with E-state index in [0.29, 0.717) is 0 Å². The molecule has 2 heterocycles. The summed E-state index contributed by atoms with van der Waals surface area (Å²) in [6.07, 6.45) is 3.91. The van der Waals surface area contributed by atoms with Gasteiger partial charge in [0, 0.05) is 42.7 Å². The molecule has 0 aliphatic rings. The highest BCUT2D eigenvalue weighted by molar-refractivity contribution is 7.09. The Bertz CT molecular complexity index is 507. The molecule has 18 heavy (non-hydrogen) atoms. The number of hydrogen-bond acceptors (Lipinski definition) is 4. The molecule has 0 aromatic carbocycles. The standard InChI is InChI=1S/C13H20N4S/c1-13(2,3)11-9-18-12(16-11)7-14-5-10-6-15-17(4)8-10/h6,8-9,14H,5,7H2,1-4H3. The van der Waals surface area contributed by atoms with Crippen LogP contribution in [0, 0.1) is 0 Å². The summed E-state index contributed by atoms with van der Waals surface area (Å²) < 4.78 is 1.82. The Kier molecular flexibility index (Phi) is 3.82. The molecule has 5 heteroatoms. The van der Waals surface area contributed by atoms with Gasteiger partial charge in [0.2, 0.25) is 0 Å². The molecule has 0 amide bonds. The van der Waals surface area contributed by atoms with Crippen LogP contribution in [0.25, 0.3) is 0 Å². The number of rotatable bonds is 4. The topological polar surface area (TPSA) is 42.7 Å². The van der Waals surface area contributed by atoms with Crippen LogP contribution in [-0.2, 0) is 25.6 Å². The first-order valence-electron chi connectivity index (χ1n) is 6.08. The van der Waals surface area contributed by atoms with Crippen LogP contribution in [0.4, 0.5) is 0 Å². The van der Waals surface area contributed by atoms with Crippen LogP contribution in [0.5, 0.6) is 0 Å². The lowest BCUT2D eigenvalue weighted by Gasteiger charge is -2.14. The van der Waals surface area contributed by atoms with E-state index in [-0.39, 0.29) is 5.41 Å². The molecule has 0 aliphatic heterocycles. The Morgan fingerprint density at radius 2 is 2.11 bits per heavy atom. The van der Waals surface area contributed by atoms with Crippen LogP contribution in [0.1, 0.15) is 37.0 Å². The molecule has 0 radical (unpaired) electrons. The third-order valence-corrected chi connectivity index (χ3v) is 3.53. The van der Waals surface area contributed by atoms with Crippen molar-refractivity contribution in [1.82, 2.24) is 20.1 Å². The van der Waals surface area contributed by atoms with Gasteiger partial charge in [0.1, 0.15) is 5.01 Å². The Hall–Kier alpha value is -1.20. The Balaban J connectivity index is 1.85. The quantitative estimate of drug-likeness (QED) is 0.922. The summed E-state index contributed by atoms with van der Waals surface area (Å²) in [5.74, 6) is 0. The number of aryl methyl sites for hydroxylation is 1. The monoisotopic (exact) mass is 264 g/mol. The lowest BCUT2D eigenvalue weighted by atomic mass is 9.93. The zero-order chi connectivity index (χ0) is 13.2. The minimum atomic E-state index is 0.137. The second kappa shape index (κ2) is 5.20. The van der Waals surface area contributed by atoms with Crippen molar-refractivity contribution in [1.29, 1.82) is 0 Å². The van der Waals surface area contributed by atoms with E-state index in [9.17, 15) is 0 Å². The third-order valence-electron chi connectivity index (χ3n) is 2.68. The molecule has 0 bridgehead atoms. The van der Waals surface area contributed by atoms with Crippen LogP contribution < -0.4 is 5.32 Å². The largest absolute Gasteiger partial charge is 0.306 e. The molecule has 0 unspecified atom stereocenters. The molecule has 98 valence electrons. The molecular formula is C13H20N4S. The second-order valence-corrected chi connectivity index (χ2v) is 6.44. The lowest BCUT2D eigenvalue weighted by molar-refractivity contribution is 0.568. The highest BCUT2D eigenvalue weighted by atomic mass is 32.1. The van der Waals surface area contributed by atoms with Crippen molar-refractivity contribution in [2.45, 2.75) is 39.3 Å². The summed E-state index contributed by atoms with van der Waals surface area (Å²) in [4.78, 5) is 4.65. The van der Waals surface area contributed by atoms with Gasteiger partial charge in [0.25, 0.3) is 0 Å². The van der Waals surface area contributed by atoms with E-state index in [2.05, 4.69) is 41.6 Å². The first kappa shape index (κ1) is 13.2. The lowest BCUT2D eigenvalue weighted by Crippen LogP contribution is -2.14. The number of hydrogen-bond donors (Lipinski definition) is 1.